The number of halogens is 1. The summed E-state index contributed by atoms with van der Waals surface area (Å²) < 4.78 is 2.56. The van der Waals surface area contributed by atoms with Crippen LogP contribution in [0, 0.1) is 0 Å². The second-order valence-corrected chi connectivity index (χ2v) is 6.90. The number of hydrogen-bond acceptors (Lipinski definition) is 3. The van der Waals surface area contributed by atoms with E-state index in [1.807, 2.05) is 42.5 Å². The summed E-state index contributed by atoms with van der Waals surface area (Å²) in [6.45, 7) is 0.512. The Bertz CT molecular complexity index is 951. The maximum atomic E-state index is 13.2. The molecule has 1 amide bonds. The zero-order valence-electron chi connectivity index (χ0n) is 13.1. The molecule has 0 aliphatic carbocycles. The van der Waals surface area contributed by atoms with Crippen molar-refractivity contribution in [2.75, 3.05) is 18.1 Å². The van der Waals surface area contributed by atoms with Gasteiger partial charge in [0.05, 0.1) is 12.1 Å². The fraction of sp³-hybridized carbons (Fsp3) is 0.222. The molecule has 0 bridgehead atoms. The number of carbonyl (C=O) groups excluding carboxylic acids is 1. The number of aryl methyl sites for hydroxylation is 1. The fourth-order valence-electron chi connectivity index (χ4n) is 3.40. The fourth-order valence-corrected chi connectivity index (χ4v) is 3.75. The molecule has 0 radical (unpaired) electrons. The van der Waals surface area contributed by atoms with Gasteiger partial charge in [0.15, 0.2) is 0 Å². The van der Waals surface area contributed by atoms with Crippen molar-refractivity contribution in [3.63, 3.8) is 0 Å². The Balaban J connectivity index is 1.82. The van der Waals surface area contributed by atoms with Crippen molar-refractivity contribution in [2.24, 2.45) is 7.05 Å². The third-order valence-corrected chi connectivity index (χ3v) is 5.03. The molecule has 1 unspecified atom stereocenters. The van der Waals surface area contributed by atoms with E-state index in [9.17, 15) is 9.90 Å². The molecule has 1 aliphatic heterocycles. The molecule has 1 N–H and O–H groups in total. The van der Waals surface area contributed by atoms with E-state index in [4.69, 9.17) is 0 Å². The third-order valence-electron chi connectivity index (χ3n) is 4.53. The summed E-state index contributed by atoms with van der Waals surface area (Å²) >= 11 is 3.44. The van der Waals surface area contributed by atoms with Crippen molar-refractivity contribution in [2.45, 2.75) is 5.92 Å². The molecule has 24 heavy (non-hydrogen) atoms. The Labute approximate surface area is 147 Å². The summed E-state index contributed by atoms with van der Waals surface area (Å²) in [5.74, 6) is -0.135. The quantitative estimate of drug-likeness (QED) is 0.737. The summed E-state index contributed by atoms with van der Waals surface area (Å²) in [7, 11) is 1.78. The van der Waals surface area contributed by atoms with Crippen molar-refractivity contribution in [1.29, 1.82) is 0 Å². The summed E-state index contributed by atoms with van der Waals surface area (Å²) in [4.78, 5) is 15.0. The van der Waals surface area contributed by atoms with Crippen molar-refractivity contribution < 1.29 is 9.90 Å². The minimum absolute atomic E-state index is 0.0277. The molecule has 0 saturated heterocycles. The van der Waals surface area contributed by atoms with E-state index in [1.54, 1.807) is 16.6 Å². The third kappa shape index (κ3) is 2.25. The van der Waals surface area contributed by atoms with Gasteiger partial charge in [-0.25, -0.2) is 0 Å². The normalized spacial score (nSPS) is 16.6. The van der Waals surface area contributed by atoms with Gasteiger partial charge in [0.2, 0.25) is 0 Å². The summed E-state index contributed by atoms with van der Waals surface area (Å²) in [6.07, 6.45) is 0. The molecule has 3 aromatic rings. The first-order chi connectivity index (χ1) is 11.6. The summed E-state index contributed by atoms with van der Waals surface area (Å²) in [6, 6.07) is 13.5. The lowest BCUT2D eigenvalue weighted by atomic mass is 10.0. The van der Waals surface area contributed by atoms with Crippen LogP contribution in [-0.4, -0.2) is 33.9 Å². The van der Waals surface area contributed by atoms with Crippen LogP contribution in [-0.2, 0) is 7.05 Å². The van der Waals surface area contributed by atoms with E-state index < -0.39 is 0 Å². The van der Waals surface area contributed by atoms with Crippen LogP contribution in [0.2, 0.25) is 0 Å². The van der Waals surface area contributed by atoms with Gasteiger partial charge in [0.25, 0.3) is 5.91 Å². The Morgan fingerprint density at radius 3 is 2.92 bits per heavy atom. The van der Waals surface area contributed by atoms with Gasteiger partial charge in [-0.2, -0.15) is 5.10 Å². The highest BCUT2D eigenvalue weighted by molar-refractivity contribution is 9.10. The monoisotopic (exact) mass is 385 g/mol. The summed E-state index contributed by atoms with van der Waals surface area (Å²) in [5.41, 5.74) is 3.22. The number of amides is 1. The smallest absolute Gasteiger partial charge is 0.277 e. The first-order valence-electron chi connectivity index (χ1n) is 7.74. The number of benzene rings is 2. The van der Waals surface area contributed by atoms with E-state index in [1.165, 1.54) is 0 Å². The van der Waals surface area contributed by atoms with E-state index in [2.05, 4.69) is 21.0 Å². The van der Waals surface area contributed by atoms with E-state index >= 15 is 0 Å². The van der Waals surface area contributed by atoms with Crippen LogP contribution in [0.1, 0.15) is 22.0 Å². The number of hydrogen-bond donors (Lipinski definition) is 1. The number of aliphatic hydroxyl groups is 1. The van der Waals surface area contributed by atoms with E-state index in [0.717, 1.165) is 26.6 Å². The molecule has 0 saturated carbocycles. The average molecular weight is 386 g/mol. The van der Waals surface area contributed by atoms with Crippen molar-refractivity contribution >= 4 is 38.4 Å². The Morgan fingerprint density at radius 1 is 1.33 bits per heavy atom. The number of aliphatic hydroxyl groups excluding tert-OH is 1. The largest absolute Gasteiger partial charge is 0.396 e. The second-order valence-electron chi connectivity index (χ2n) is 5.99. The number of rotatable bonds is 2. The summed E-state index contributed by atoms with van der Waals surface area (Å²) in [5, 5.41) is 14.9. The number of nitrogens with zero attached hydrogens (tertiary/aromatic N) is 3. The van der Waals surface area contributed by atoms with Crippen LogP contribution in [0.15, 0.2) is 46.9 Å². The van der Waals surface area contributed by atoms with E-state index in [0.29, 0.717) is 12.2 Å². The van der Waals surface area contributed by atoms with Gasteiger partial charge < -0.3 is 10.0 Å². The van der Waals surface area contributed by atoms with Gasteiger partial charge in [-0.15, -0.1) is 0 Å². The van der Waals surface area contributed by atoms with Crippen molar-refractivity contribution in [1.82, 2.24) is 9.78 Å². The van der Waals surface area contributed by atoms with Gasteiger partial charge in [-0.1, -0.05) is 34.1 Å². The van der Waals surface area contributed by atoms with Crippen LogP contribution < -0.4 is 4.90 Å². The average Bonchev–Trinajstić information content (AvgIpc) is 3.11. The molecule has 2 heterocycles. The molecule has 0 fully saturated rings. The molecule has 1 atom stereocenters. The predicted octanol–water partition coefficient (Wildman–Crippen LogP) is 3.07. The Hall–Kier alpha value is -2.18. The van der Waals surface area contributed by atoms with Gasteiger partial charge >= 0.3 is 0 Å². The van der Waals surface area contributed by atoms with Gasteiger partial charge in [0, 0.05) is 35.1 Å². The Morgan fingerprint density at radius 2 is 2.12 bits per heavy atom. The molecule has 4 rings (SSSR count). The number of carbonyl (C=O) groups is 1. The molecule has 0 spiro atoms. The van der Waals surface area contributed by atoms with Crippen LogP contribution in [0.5, 0.6) is 0 Å². The lowest BCUT2D eigenvalue weighted by Gasteiger charge is -2.18. The maximum Gasteiger partial charge on any atom is 0.277 e. The first kappa shape index (κ1) is 15.4. The highest BCUT2D eigenvalue weighted by atomic mass is 79.9. The minimum atomic E-state index is -0.0919. The number of para-hydroxylation sites is 1. The molecule has 6 heteroatoms. The lowest BCUT2D eigenvalue weighted by Crippen LogP contribution is -2.32. The molecule has 1 aliphatic rings. The topological polar surface area (TPSA) is 58.4 Å². The highest BCUT2D eigenvalue weighted by Gasteiger charge is 2.34. The number of anilines is 1. The molecule has 1 aromatic heterocycles. The molecule has 122 valence electrons. The predicted molar refractivity (Wildman–Crippen MR) is 96.4 cm³/mol. The van der Waals surface area contributed by atoms with Crippen molar-refractivity contribution in [3.05, 3.63) is 58.2 Å². The lowest BCUT2D eigenvalue weighted by molar-refractivity contribution is 0.0979. The highest BCUT2D eigenvalue weighted by Crippen LogP contribution is 2.37. The zero-order chi connectivity index (χ0) is 16.8. The van der Waals surface area contributed by atoms with Crippen LogP contribution in [0.3, 0.4) is 0 Å². The van der Waals surface area contributed by atoms with Crippen molar-refractivity contribution in [3.8, 4) is 0 Å². The molecule has 2 aromatic carbocycles. The minimum Gasteiger partial charge on any atom is -0.396 e. The second kappa shape index (κ2) is 5.72. The molecule has 5 nitrogen and oxygen atoms in total. The standard InChI is InChI=1S/C18H16BrN3O2/c1-21-17(14-7-6-12(19)8-15(14)20-21)18(24)22-9-11(10-23)13-4-2-3-5-16(13)22/h2-8,11,23H,9-10H2,1H3. The molecular weight excluding hydrogens is 370 g/mol. The SMILES string of the molecule is Cn1nc2cc(Br)ccc2c1C(=O)N1CC(CO)c2ccccc21. The van der Waals surface area contributed by atoms with Gasteiger partial charge in [0.1, 0.15) is 5.69 Å². The Kier molecular flexibility index (Phi) is 3.66. The van der Waals surface area contributed by atoms with Crippen LogP contribution in [0.4, 0.5) is 5.69 Å². The van der Waals surface area contributed by atoms with Crippen LogP contribution in [0.25, 0.3) is 10.9 Å². The van der Waals surface area contributed by atoms with Gasteiger partial charge in [-0.3, -0.25) is 9.48 Å². The van der Waals surface area contributed by atoms with Gasteiger partial charge in [-0.05, 0) is 29.8 Å². The van der Waals surface area contributed by atoms with Crippen LogP contribution >= 0.6 is 15.9 Å². The zero-order valence-corrected chi connectivity index (χ0v) is 14.7. The maximum absolute atomic E-state index is 13.2. The van der Waals surface area contributed by atoms with E-state index in [-0.39, 0.29) is 18.4 Å². The number of fused-ring (bicyclic) bond motifs is 2. The molecular formula is C18H16BrN3O2. The first-order valence-corrected chi connectivity index (χ1v) is 8.53. The number of aromatic nitrogens is 2.